The molecule has 0 N–H and O–H groups in total. The lowest BCUT2D eigenvalue weighted by molar-refractivity contribution is -0.131. The van der Waals surface area contributed by atoms with Crippen molar-refractivity contribution in [2.75, 3.05) is 19.6 Å². The Kier molecular flexibility index (Phi) is 6.95. The first kappa shape index (κ1) is 21.8. The Labute approximate surface area is 177 Å². The molecule has 0 aromatic heterocycles. The Bertz CT molecular complexity index is 966. The third-order valence-electron chi connectivity index (χ3n) is 4.87. The molecule has 0 spiro atoms. The van der Waals surface area contributed by atoms with Gasteiger partial charge in [0.1, 0.15) is 5.75 Å². The summed E-state index contributed by atoms with van der Waals surface area (Å²) >= 11 is 6.11. The molecule has 6 nitrogen and oxygen atoms in total. The molecule has 2 aromatic rings. The van der Waals surface area contributed by atoms with E-state index in [-0.39, 0.29) is 11.8 Å². The highest BCUT2D eigenvalue weighted by Crippen LogP contribution is 2.26. The number of sulfonamides is 1. The van der Waals surface area contributed by atoms with Gasteiger partial charge < -0.3 is 4.74 Å². The van der Waals surface area contributed by atoms with Crippen molar-refractivity contribution in [1.29, 1.82) is 0 Å². The molecule has 0 amide bonds. The summed E-state index contributed by atoms with van der Waals surface area (Å²) in [4.78, 5) is 13.5. The summed E-state index contributed by atoms with van der Waals surface area (Å²) in [7, 11) is -3.40. The maximum Gasteiger partial charge on any atom is 0.308 e. The van der Waals surface area contributed by atoms with E-state index in [2.05, 4.69) is 4.90 Å². The van der Waals surface area contributed by atoms with E-state index in [1.807, 2.05) is 37.3 Å². The number of nitrogens with zero attached hydrogens (tertiary/aromatic N) is 2. The van der Waals surface area contributed by atoms with Crippen LogP contribution in [0.5, 0.6) is 5.75 Å². The molecule has 1 saturated heterocycles. The van der Waals surface area contributed by atoms with Crippen LogP contribution in [-0.4, -0.2) is 49.3 Å². The maximum absolute atomic E-state index is 12.9. The average molecular weight is 437 g/mol. The van der Waals surface area contributed by atoms with E-state index in [1.165, 1.54) is 6.92 Å². The molecule has 156 valence electrons. The molecule has 1 aliphatic heterocycles. The first-order valence-corrected chi connectivity index (χ1v) is 11.5. The van der Waals surface area contributed by atoms with Gasteiger partial charge in [-0.3, -0.25) is 9.69 Å². The molecular weight excluding hydrogens is 412 g/mol. The Morgan fingerprint density at radius 2 is 1.90 bits per heavy atom. The Morgan fingerprint density at radius 1 is 1.17 bits per heavy atom. The molecule has 1 atom stereocenters. The predicted octanol–water partition coefficient (Wildman–Crippen LogP) is 3.30. The number of rotatable bonds is 6. The van der Waals surface area contributed by atoms with Crippen LogP contribution in [0, 0.1) is 0 Å². The lowest BCUT2D eigenvalue weighted by Gasteiger charge is -2.39. The Balaban J connectivity index is 1.68. The summed E-state index contributed by atoms with van der Waals surface area (Å²) in [6, 6.07) is 14.2. The minimum atomic E-state index is -3.40. The van der Waals surface area contributed by atoms with Gasteiger partial charge in [-0.1, -0.05) is 41.9 Å². The largest absolute Gasteiger partial charge is 0.426 e. The summed E-state index contributed by atoms with van der Waals surface area (Å²) in [5.74, 6) is 0.0933. The van der Waals surface area contributed by atoms with Crippen LogP contribution in [0.2, 0.25) is 5.02 Å². The number of hydrogen-bond acceptors (Lipinski definition) is 5. The van der Waals surface area contributed by atoms with Crippen molar-refractivity contribution < 1.29 is 17.9 Å². The van der Waals surface area contributed by atoms with Gasteiger partial charge in [0.25, 0.3) is 0 Å². The van der Waals surface area contributed by atoms with Gasteiger partial charge >= 0.3 is 5.97 Å². The smallest absolute Gasteiger partial charge is 0.308 e. The lowest BCUT2D eigenvalue weighted by Crippen LogP contribution is -2.53. The fourth-order valence-electron chi connectivity index (χ4n) is 3.61. The Morgan fingerprint density at radius 3 is 2.55 bits per heavy atom. The van der Waals surface area contributed by atoms with Crippen LogP contribution in [0.25, 0.3) is 0 Å². The number of esters is 1. The monoisotopic (exact) mass is 436 g/mol. The number of carbonyl (C=O) groups is 1. The first-order valence-electron chi connectivity index (χ1n) is 9.47. The van der Waals surface area contributed by atoms with Gasteiger partial charge in [-0.05, 0) is 30.7 Å². The van der Waals surface area contributed by atoms with E-state index in [0.717, 1.165) is 11.1 Å². The molecular formula is C21H25ClN2O4S. The lowest BCUT2D eigenvalue weighted by atomic mass is 10.1. The van der Waals surface area contributed by atoms with Crippen LogP contribution in [0.3, 0.4) is 0 Å². The highest BCUT2D eigenvalue weighted by Gasteiger charge is 2.32. The van der Waals surface area contributed by atoms with Crippen molar-refractivity contribution in [3.63, 3.8) is 0 Å². The van der Waals surface area contributed by atoms with Crippen LogP contribution in [0.15, 0.2) is 48.5 Å². The number of hydrogen-bond donors (Lipinski definition) is 0. The fraction of sp³-hybridized carbons (Fsp3) is 0.381. The van der Waals surface area contributed by atoms with Gasteiger partial charge in [0.05, 0.1) is 5.75 Å². The molecule has 3 rings (SSSR count). The minimum absolute atomic E-state index is 0.00305. The van der Waals surface area contributed by atoms with Gasteiger partial charge in [0.2, 0.25) is 10.0 Å². The van der Waals surface area contributed by atoms with Gasteiger partial charge in [0, 0.05) is 49.7 Å². The molecule has 1 heterocycles. The normalized spacial score (nSPS) is 18.5. The van der Waals surface area contributed by atoms with E-state index < -0.39 is 16.0 Å². The van der Waals surface area contributed by atoms with E-state index >= 15 is 0 Å². The molecule has 1 aliphatic rings. The molecule has 2 aromatic carbocycles. The number of carbonyl (C=O) groups excluding carboxylic acids is 1. The third-order valence-corrected chi connectivity index (χ3v) is 7.06. The minimum Gasteiger partial charge on any atom is -0.426 e. The summed E-state index contributed by atoms with van der Waals surface area (Å²) < 4.78 is 32.6. The van der Waals surface area contributed by atoms with Gasteiger partial charge in [-0.15, -0.1) is 0 Å². The zero-order valence-corrected chi connectivity index (χ0v) is 18.1. The zero-order chi connectivity index (χ0) is 21.0. The number of benzene rings is 2. The van der Waals surface area contributed by atoms with Crippen molar-refractivity contribution in [2.45, 2.75) is 32.2 Å². The number of piperazine rings is 1. The maximum atomic E-state index is 12.9. The molecule has 0 bridgehead atoms. The van der Waals surface area contributed by atoms with Crippen LogP contribution >= 0.6 is 11.6 Å². The second-order valence-corrected chi connectivity index (χ2v) is 9.64. The van der Waals surface area contributed by atoms with Crippen molar-refractivity contribution in [1.82, 2.24) is 9.21 Å². The second kappa shape index (κ2) is 9.26. The molecule has 0 aliphatic carbocycles. The Hall–Kier alpha value is -1.93. The van der Waals surface area contributed by atoms with Crippen LogP contribution < -0.4 is 4.74 Å². The van der Waals surface area contributed by atoms with E-state index in [0.29, 0.717) is 37.0 Å². The summed E-state index contributed by atoms with van der Waals surface area (Å²) in [5.41, 5.74) is 1.59. The van der Waals surface area contributed by atoms with Crippen LogP contribution in [0.4, 0.5) is 0 Å². The van der Waals surface area contributed by atoms with Crippen molar-refractivity contribution >= 4 is 27.6 Å². The zero-order valence-electron chi connectivity index (χ0n) is 16.5. The average Bonchev–Trinajstić information content (AvgIpc) is 2.64. The summed E-state index contributed by atoms with van der Waals surface area (Å²) in [5, 5.41) is 0.563. The van der Waals surface area contributed by atoms with Crippen LogP contribution in [0.1, 0.15) is 25.0 Å². The predicted molar refractivity (Wildman–Crippen MR) is 113 cm³/mol. The van der Waals surface area contributed by atoms with Crippen molar-refractivity contribution in [3.05, 3.63) is 64.7 Å². The number of halogens is 1. The van der Waals surface area contributed by atoms with Gasteiger partial charge in [-0.2, -0.15) is 4.31 Å². The van der Waals surface area contributed by atoms with Crippen molar-refractivity contribution in [2.24, 2.45) is 0 Å². The van der Waals surface area contributed by atoms with Gasteiger partial charge in [0.15, 0.2) is 0 Å². The molecule has 0 saturated carbocycles. The second-order valence-electron chi connectivity index (χ2n) is 7.28. The molecule has 0 radical (unpaired) electrons. The molecule has 1 fully saturated rings. The summed E-state index contributed by atoms with van der Waals surface area (Å²) in [6.07, 6.45) is 0. The highest BCUT2D eigenvalue weighted by atomic mass is 35.5. The van der Waals surface area contributed by atoms with Crippen molar-refractivity contribution in [3.8, 4) is 5.75 Å². The van der Waals surface area contributed by atoms with Crippen LogP contribution in [-0.2, 0) is 27.1 Å². The SMILES string of the molecule is CC(=O)Oc1ccc(Cl)cc1CN1CCN(S(=O)(=O)Cc2ccccc2)C(C)C1. The van der Waals surface area contributed by atoms with Gasteiger partial charge in [-0.25, -0.2) is 8.42 Å². The van der Waals surface area contributed by atoms with E-state index in [9.17, 15) is 13.2 Å². The third kappa shape index (κ3) is 5.79. The molecule has 29 heavy (non-hydrogen) atoms. The molecule has 8 heteroatoms. The quantitative estimate of drug-likeness (QED) is 0.513. The highest BCUT2D eigenvalue weighted by molar-refractivity contribution is 7.88. The number of ether oxygens (including phenoxy) is 1. The summed E-state index contributed by atoms with van der Waals surface area (Å²) in [6.45, 7) is 5.39. The fourth-order valence-corrected chi connectivity index (χ4v) is 5.56. The topological polar surface area (TPSA) is 66.9 Å². The van der Waals surface area contributed by atoms with E-state index in [4.69, 9.17) is 16.3 Å². The first-order chi connectivity index (χ1) is 13.7. The van der Waals surface area contributed by atoms with E-state index in [1.54, 1.807) is 22.5 Å². The standard InChI is InChI=1S/C21H25ClN2O4S/c1-16-13-23(14-19-12-20(22)8-9-21(19)28-17(2)25)10-11-24(16)29(26,27)15-18-6-4-3-5-7-18/h3-9,12,16H,10-11,13-15H2,1-2H3. The molecule has 1 unspecified atom stereocenters.